The first kappa shape index (κ1) is 11.2. The Labute approximate surface area is 86.5 Å². The second kappa shape index (κ2) is 4.60. The van der Waals surface area contributed by atoms with Crippen LogP contribution >= 0.6 is 0 Å². The van der Waals surface area contributed by atoms with Gasteiger partial charge in [-0.2, -0.15) is 5.10 Å². The van der Waals surface area contributed by atoms with Crippen molar-refractivity contribution in [1.29, 1.82) is 0 Å². The van der Waals surface area contributed by atoms with Crippen LogP contribution in [0.4, 0.5) is 0 Å². The molecule has 1 rings (SSSR count). The summed E-state index contributed by atoms with van der Waals surface area (Å²) in [6.45, 7) is 7.56. The molecule has 1 atom stereocenters. The summed E-state index contributed by atoms with van der Waals surface area (Å²) in [4.78, 5) is 0. The van der Waals surface area contributed by atoms with Gasteiger partial charge in [-0.25, -0.2) is 0 Å². The topological polar surface area (TPSA) is 29.9 Å². The predicted octanol–water partition coefficient (Wildman–Crippen LogP) is 1.69. The fourth-order valence-corrected chi connectivity index (χ4v) is 1.88. The van der Waals surface area contributed by atoms with Crippen molar-refractivity contribution < 1.29 is 0 Å². The number of rotatable bonds is 4. The summed E-state index contributed by atoms with van der Waals surface area (Å²) in [5, 5.41) is 7.63. The maximum atomic E-state index is 4.39. The smallest absolute Gasteiger partial charge is 0.0596 e. The Balaban J connectivity index is 2.92. The zero-order valence-corrected chi connectivity index (χ0v) is 9.83. The average molecular weight is 195 g/mol. The van der Waals surface area contributed by atoms with Crippen LogP contribution in [-0.2, 0) is 7.05 Å². The van der Waals surface area contributed by atoms with E-state index in [4.69, 9.17) is 0 Å². The average Bonchev–Trinajstić information content (AvgIpc) is 2.40. The molecule has 0 aliphatic carbocycles. The van der Waals surface area contributed by atoms with Crippen molar-refractivity contribution in [2.24, 2.45) is 13.0 Å². The minimum absolute atomic E-state index is 0.547. The second-order valence-corrected chi connectivity index (χ2v) is 4.24. The van der Waals surface area contributed by atoms with Crippen LogP contribution in [0.1, 0.15) is 31.2 Å². The molecule has 0 fully saturated rings. The number of nitrogens with one attached hydrogen (secondary N) is 1. The third kappa shape index (κ3) is 2.35. The van der Waals surface area contributed by atoms with E-state index in [1.54, 1.807) is 0 Å². The van der Waals surface area contributed by atoms with E-state index in [1.165, 1.54) is 5.69 Å². The summed E-state index contributed by atoms with van der Waals surface area (Å²) in [7, 11) is 4.02. The molecule has 1 heterocycles. The highest BCUT2D eigenvalue weighted by Gasteiger charge is 2.18. The summed E-state index contributed by atoms with van der Waals surface area (Å²) >= 11 is 0. The number of aromatic nitrogens is 2. The molecule has 0 saturated heterocycles. The molecule has 0 bridgehead atoms. The van der Waals surface area contributed by atoms with Gasteiger partial charge in [-0.3, -0.25) is 4.68 Å². The predicted molar refractivity (Wildman–Crippen MR) is 59.5 cm³/mol. The zero-order valence-electron chi connectivity index (χ0n) is 9.83. The quantitative estimate of drug-likeness (QED) is 0.792. The van der Waals surface area contributed by atoms with Gasteiger partial charge in [0.2, 0.25) is 0 Å². The van der Waals surface area contributed by atoms with E-state index in [1.807, 2.05) is 25.7 Å². The van der Waals surface area contributed by atoms with Crippen molar-refractivity contribution in [2.75, 3.05) is 13.6 Å². The Hall–Kier alpha value is -0.830. The van der Waals surface area contributed by atoms with Gasteiger partial charge in [0.15, 0.2) is 0 Å². The molecule has 3 heteroatoms. The third-order valence-electron chi connectivity index (χ3n) is 2.65. The summed E-state index contributed by atoms with van der Waals surface area (Å²) in [6, 6.07) is 2.18. The van der Waals surface area contributed by atoms with Crippen LogP contribution in [0.3, 0.4) is 0 Å². The van der Waals surface area contributed by atoms with Crippen molar-refractivity contribution in [3.05, 3.63) is 17.5 Å². The van der Waals surface area contributed by atoms with Crippen LogP contribution in [0.2, 0.25) is 0 Å². The minimum Gasteiger partial charge on any atom is -0.319 e. The van der Waals surface area contributed by atoms with Crippen LogP contribution in [0, 0.1) is 12.8 Å². The van der Waals surface area contributed by atoms with Crippen molar-refractivity contribution in [3.8, 4) is 0 Å². The van der Waals surface area contributed by atoms with E-state index in [-0.39, 0.29) is 0 Å². The summed E-state index contributed by atoms with van der Waals surface area (Å²) in [5.74, 6) is 1.18. The van der Waals surface area contributed by atoms with Crippen LogP contribution in [0.5, 0.6) is 0 Å². The molecule has 0 amide bonds. The molecule has 14 heavy (non-hydrogen) atoms. The molecule has 3 nitrogen and oxygen atoms in total. The molecule has 0 aliphatic rings. The molecule has 0 aliphatic heterocycles. The summed E-state index contributed by atoms with van der Waals surface area (Å²) in [5.41, 5.74) is 2.43. The van der Waals surface area contributed by atoms with Crippen molar-refractivity contribution in [3.63, 3.8) is 0 Å². The fraction of sp³-hybridized carbons (Fsp3) is 0.727. The van der Waals surface area contributed by atoms with Crippen LogP contribution in [0.25, 0.3) is 0 Å². The van der Waals surface area contributed by atoms with Crippen LogP contribution < -0.4 is 5.32 Å². The van der Waals surface area contributed by atoms with E-state index in [9.17, 15) is 0 Å². The number of nitrogens with zero attached hydrogens (tertiary/aromatic N) is 2. The standard InChI is InChI=1S/C11H21N3/c1-8(2)10(7-12-4)11-6-9(3)13-14(11)5/h6,8,10,12H,7H2,1-5H3. The maximum Gasteiger partial charge on any atom is 0.0596 e. The molecule has 0 saturated carbocycles. The SMILES string of the molecule is CNCC(c1cc(C)nn1C)C(C)C. The Morgan fingerprint density at radius 3 is 2.50 bits per heavy atom. The normalized spacial score (nSPS) is 13.6. The maximum absolute atomic E-state index is 4.39. The minimum atomic E-state index is 0.547. The van der Waals surface area contributed by atoms with Crippen molar-refractivity contribution in [2.45, 2.75) is 26.7 Å². The van der Waals surface area contributed by atoms with Crippen LogP contribution in [0.15, 0.2) is 6.07 Å². The van der Waals surface area contributed by atoms with Gasteiger partial charge in [-0.1, -0.05) is 13.8 Å². The molecular weight excluding hydrogens is 174 g/mol. The lowest BCUT2D eigenvalue weighted by atomic mass is 9.92. The van der Waals surface area contributed by atoms with Crippen LogP contribution in [-0.4, -0.2) is 23.4 Å². The first-order valence-electron chi connectivity index (χ1n) is 5.21. The molecular formula is C11H21N3. The lowest BCUT2D eigenvalue weighted by Crippen LogP contribution is -2.23. The first-order valence-corrected chi connectivity index (χ1v) is 5.21. The molecule has 1 aromatic heterocycles. The number of likely N-dealkylation sites (N-methyl/N-ethyl adjacent to an activating group) is 1. The zero-order chi connectivity index (χ0) is 10.7. The highest BCUT2D eigenvalue weighted by molar-refractivity contribution is 5.14. The second-order valence-electron chi connectivity index (χ2n) is 4.24. The number of hydrogen-bond acceptors (Lipinski definition) is 2. The fourth-order valence-electron chi connectivity index (χ4n) is 1.88. The van der Waals surface area contributed by atoms with Crippen molar-refractivity contribution in [1.82, 2.24) is 15.1 Å². The van der Waals surface area contributed by atoms with E-state index in [0.29, 0.717) is 11.8 Å². The largest absolute Gasteiger partial charge is 0.319 e. The Kier molecular flexibility index (Phi) is 3.69. The molecule has 1 aromatic rings. The van der Waals surface area contributed by atoms with Gasteiger partial charge >= 0.3 is 0 Å². The van der Waals surface area contributed by atoms with Crippen molar-refractivity contribution >= 4 is 0 Å². The van der Waals surface area contributed by atoms with Gasteiger partial charge in [0, 0.05) is 25.2 Å². The molecule has 1 unspecified atom stereocenters. The Morgan fingerprint density at radius 2 is 2.14 bits per heavy atom. The third-order valence-corrected chi connectivity index (χ3v) is 2.65. The molecule has 80 valence electrons. The van der Waals surface area contributed by atoms with Gasteiger partial charge in [0.05, 0.1) is 5.69 Å². The van der Waals surface area contributed by atoms with E-state index >= 15 is 0 Å². The highest BCUT2D eigenvalue weighted by Crippen LogP contribution is 2.23. The first-order chi connectivity index (χ1) is 6.56. The van der Waals surface area contributed by atoms with Gasteiger partial charge in [-0.15, -0.1) is 0 Å². The highest BCUT2D eigenvalue weighted by atomic mass is 15.3. The van der Waals surface area contributed by atoms with E-state index in [2.05, 4.69) is 30.3 Å². The number of aryl methyl sites for hydroxylation is 2. The van der Waals surface area contributed by atoms with Gasteiger partial charge in [0.1, 0.15) is 0 Å². The molecule has 1 N–H and O–H groups in total. The lowest BCUT2D eigenvalue weighted by molar-refractivity contribution is 0.450. The van der Waals surface area contributed by atoms with Gasteiger partial charge in [-0.05, 0) is 26.0 Å². The van der Waals surface area contributed by atoms with E-state index in [0.717, 1.165) is 12.2 Å². The summed E-state index contributed by atoms with van der Waals surface area (Å²) in [6.07, 6.45) is 0. The Bertz CT molecular complexity index is 289. The monoisotopic (exact) mass is 195 g/mol. The molecule has 0 radical (unpaired) electrons. The summed E-state index contributed by atoms with van der Waals surface area (Å²) < 4.78 is 2.00. The van der Waals surface area contributed by atoms with Gasteiger partial charge in [0.25, 0.3) is 0 Å². The lowest BCUT2D eigenvalue weighted by Gasteiger charge is -2.20. The van der Waals surface area contributed by atoms with E-state index < -0.39 is 0 Å². The van der Waals surface area contributed by atoms with Gasteiger partial charge < -0.3 is 5.32 Å². The molecule has 0 spiro atoms. The Morgan fingerprint density at radius 1 is 1.50 bits per heavy atom. The molecule has 0 aromatic carbocycles. The number of hydrogen-bond donors (Lipinski definition) is 1.